The Hall–Kier alpha value is -1.03. The Kier molecular flexibility index (Phi) is 2.23. The van der Waals surface area contributed by atoms with E-state index in [9.17, 15) is 9.90 Å². The van der Waals surface area contributed by atoms with Gasteiger partial charge in [-0.2, -0.15) is 0 Å². The number of hydrogen-bond acceptors (Lipinski definition) is 2. The van der Waals surface area contributed by atoms with Crippen LogP contribution in [0.2, 0.25) is 0 Å². The minimum Gasteiger partial charge on any atom is -0.506 e. The van der Waals surface area contributed by atoms with Gasteiger partial charge in [-0.3, -0.25) is 0 Å². The van der Waals surface area contributed by atoms with E-state index in [0.29, 0.717) is 4.47 Å². The molecule has 0 unspecified atom stereocenters. The largest absolute Gasteiger partial charge is 0.506 e. The number of aromatic carboxylic acids is 1. The Morgan fingerprint density at radius 1 is 1.43 bits per heavy atom. The average Bonchev–Trinajstić information content (AvgIpc) is 2.58. The molecule has 0 radical (unpaired) electrons. The standard InChI is InChI=1S/C10H9BrO3/c11-8-6-3-1-2-5(6)4-7(9(8)12)10(13)14/h4,12H,1-3H2,(H,13,14). The maximum atomic E-state index is 10.8. The molecular weight excluding hydrogens is 248 g/mol. The number of halogens is 1. The van der Waals surface area contributed by atoms with Gasteiger partial charge >= 0.3 is 5.97 Å². The Morgan fingerprint density at radius 3 is 2.79 bits per heavy atom. The van der Waals surface area contributed by atoms with E-state index < -0.39 is 5.97 Å². The molecule has 0 atom stereocenters. The molecule has 0 spiro atoms. The minimum atomic E-state index is -1.09. The first kappa shape index (κ1) is 9.52. The Balaban J connectivity index is 2.67. The quantitative estimate of drug-likeness (QED) is 0.811. The molecule has 2 rings (SSSR count). The Labute approximate surface area is 89.5 Å². The van der Waals surface area contributed by atoms with E-state index in [-0.39, 0.29) is 11.3 Å². The second-order valence-electron chi connectivity index (χ2n) is 3.38. The fourth-order valence-electron chi connectivity index (χ4n) is 1.84. The van der Waals surface area contributed by atoms with Gasteiger partial charge in [0.15, 0.2) is 0 Å². The summed E-state index contributed by atoms with van der Waals surface area (Å²) < 4.78 is 0.546. The molecule has 0 bridgehead atoms. The van der Waals surface area contributed by atoms with Crippen LogP contribution in [0.1, 0.15) is 27.9 Å². The van der Waals surface area contributed by atoms with Gasteiger partial charge in [-0.25, -0.2) is 4.79 Å². The number of aryl methyl sites for hydroxylation is 1. The summed E-state index contributed by atoms with van der Waals surface area (Å²) in [6.07, 6.45) is 2.83. The zero-order chi connectivity index (χ0) is 10.3. The van der Waals surface area contributed by atoms with Gasteiger partial charge in [-0.1, -0.05) is 0 Å². The van der Waals surface area contributed by atoms with Gasteiger partial charge in [-0.15, -0.1) is 0 Å². The molecule has 1 aromatic rings. The van der Waals surface area contributed by atoms with E-state index >= 15 is 0 Å². The van der Waals surface area contributed by atoms with Crippen LogP contribution in [0, 0.1) is 0 Å². The molecule has 1 aliphatic carbocycles. The summed E-state index contributed by atoms with van der Waals surface area (Å²) in [5.41, 5.74) is 2.07. The number of benzene rings is 1. The highest BCUT2D eigenvalue weighted by atomic mass is 79.9. The zero-order valence-corrected chi connectivity index (χ0v) is 8.97. The maximum Gasteiger partial charge on any atom is 0.339 e. The smallest absolute Gasteiger partial charge is 0.339 e. The van der Waals surface area contributed by atoms with Gasteiger partial charge in [0, 0.05) is 0 Å². The van der Waals surface area contributed by atoms with Crippen molar-refractivity contribution in [3.63, 3.8) is 0 Å². The van der Waals surface area contributed by atoms with Crippen LogP contribution < -0.4 is 0 Å². The van der Waals surface area contributed by atoms with Gasteiger partial charge in [0.25, 0.3) is 0 Å². The van der Waals surface area contributed by atoms with Crippen LogP contribution in [-0.2, 0) is 12.8 Å². The molecule has 4 heteroatoms. The molecule has 0 amide bonds. The lowest BCUT2D eigenvalue weighted by Crippen LogP contribution is -2.00. The highest BCUT2D eigenvalue weighted by molar-refractivity contribution is 9.10. The van der Waals surface area contributed by atoms with Crippen molar-refractivity contribution in [3.8, 4) is 5.75 Å². The van der Waals surface area contributed by atoms with Crippen molar-refractivity contribution in [2.24, 2.45) is 0 Å². The molecule has 0 saturated carbocycles. The highest BCUT2D eigenvalue weighted by Gasteiger charge is 2.22. The van der Waals surface area contributed by atoms with Crippen molar-refractivity contribution < 1.29 is 15.0 Å². The second kappa shape index (κ2) is 3.28. The summed E-state index contributed by atoms with van der Waals surface area (Å²) >= 11 is 3.24. The molecule has 74 valence electrons. The highest BCUT2D eigenvalue weighted by Crippen LogP contribution is 2.38. The summed E-state index contributed by atoms with van der Waals surface area (Å²) in [7, 11) is 0. The third kappa shape index (κ3) is 1.30. The molecule has 3 nitrogen and oxygen atoms in total. The van der Waals surface area contributed by atoms with Gasteiger partial charge in [-0.05, 0) is 52.4 Å². The molecule has 0 fully saturated rings. The van der Waals surface area contributed by atoms with Crippen LogP contribution >= 0.6 is 15.9 Å². The summed E-state index contributed by atoms with van der Waals surface area (Å²) in [4.78, 5) is 10.8. The van der Waals surface area contributed by atoms with Crippen LogP contribution in [0.25, 0.3) is 0 Å². The minimum absolute atomic E-state index is 0.0162. The predicted molar refractivity (Wildman–Crippen MR) is 54.8 cm³/mol. The van der Waals surface area contributed by atoms with Crippen molar-refractivity contribution in [1.29, 1.82) is 0 Å². The SMILES string of the molecule is O=C(O)c1cc2c(c(Br)c1O)CCC2. The fraction of sp³-hybridized carbons (Fsp3) is 0.300. The molecule has 0 saturated heterocycles. The summed E-state index contributed by atoms with van der Waals surface area (Å²) in [6.45, 7) is 0. The average molecular weight is 257 g/mol. The zero-order valence-electron chi connectivity index (χ0n) is 7.38. The molecule has 1 aromatic carbocycles. The van der Waals surface area contributed by atoms with Crippen molar-refractivity contribution in [2.45, 2.75) is 19.3 Å². The second-order valence-corrected chi connectivity index (χ2v) is 4.18. The topological polar surface area (TPSA) is 57.5 Å². The third-order valence-corrected chi connectivity index (χ3v) is 3.39. The number of fused-ring (bicyclic) bond motifs is 1. The molecule has 0 heterocycles. The lowest BCUT2D eigenvalue weighted by molar-refractivity contribution is 0.0693. The predicted octanol–water partition coefficient (Wildman–Crippen LogP) is 2.34. The molecule has 2 N–H and O–H groups in total. The lowest BCUT2D eigenvalue weighted by atomic mass is 10.1. The van der Waals surface area contributed by atoms with Crippen LogP contribution in [-0.4, -0.2) is 16.2 Å². The number of carboxylic acid groups (broad SMARTS) is 1. The van der Waals surface area contributed by atoms with E-state index in [0.717, 1.165) is 30.4 Å². The number of phenols is 1. The first-order valence-electron chi connectivity index (χ1n) is 4.37. The van der Waals surface area contributed by atoms with Gasteiger partial charge in [0.1, 0.15) is 11.3 Å². The monoisotopic (exact) mass is 256 g/mol. The number of rotatable bonds is 1. The molecule has 0 aliphatic heterocycles. The number of hydrogen-bond donors (Lipinski definition) is 2. The number of carbonyl (C=O) groups is 1. The van der Waals surface area contributed by atoms with Gasteiger partial charge < -0.3 is 10.2 Å². The normalized spacial score (nSPS) is 14.1. The van der Waals surface area contributed by atoms with Crippen molar-refractivity contribution in [3.05, 3.63) is 27.2 Å². The van der Waals surface area contributed by atoms with E-state index in [2.05, 4.69) is 15.9 Å². The summed E-state index contributed by atoms with van der Waals surface area (Å²) in [5.74, 6) is -1.24. The molecule has 0 aromatic heterocycles. The maximum absolute atomic E-state index is 10.8. The van der Waals surface area contributed by atoms with E-state index in [1.807, 2.05) is 0 Å². The Morgan fingerprint density at radius 2 is 2.14 bits per heavy atom. The van der Waals surface area contributed by atoms with Gasteiger partial charge in [0.05, 0.1) is 4.47 Å². The number of aromatic hydroxyl groups is 1. The number of carboxylic acids is 1. The molecular formula is C10H9BrO3. The third-order valence-electron chi connectivity index (χ3n) is 2.54. The first-order valence-corrected chi connectivity index (χ1v) is 5.17. The van der Waals surface area contributed by atoms with E-state index in [1.54, 1.807) is 6.07 Å². The van der Waals surface area contributed by atoms with E-state index in [4.69, 9.17) is 5.11 Å². The lowest BCUT2D eigenvalue weighted by Gasteiger charge is -2.07. The first-order chi connectivity index (χ1) is 6.61. The molecule has 1 aliphatic rings. The van der Waals surface area contributed by atoms with E-state index in [1.165, 1.54) is 0 Å². The summed E-state index contributed by atoms with van der Waals surface area (Å²) in [5, 5.41) is 18.4. The van der Waals surface area contributed by atoms with Crippen molar-refractivity contribution >= 4 is 21.9 Å². The van der Waals surface area contributed by atoms with Crippen LogP contribution in [0.4, 0.5) is 0 Å². The van der Waals surface area contributed by atoms with Crippen LogP contribution in [0.3, 0.4) is 0 Å². The fourth-order valence-corrected chi connectivity index (χ4v) is 2.51. The Bertz CT molecular complexity index is 412. The van der Waals surface area contributed by atoms with Crippen molar-refractivity contribution in [1.82, 2.24) is 0 Å². The van der Waals surface area contributed by atoms with Gasteiger partial charge in [0.2, 0.25) is 0 Å². The van der Waals surface area contributed by atoms with Crippen LogP contribution in [0.15, 0.2) is 10.5 Å². The van der Waals surface area contributed by atoms with Crippen molar-refractivity contribution in [2.75, 3.05) is 0 Å². The molecule has 14 heavy (non-hydrogen) atoms. The van der Waals surface area contributed by atoms with Crippen LogP contribution in [0.5, 0.6) is 5.75 Å². The summed E-state index contributed by atoms with van der Waals surface area (Å²) in [6, 6.07) is 1.57.